The van der Waals surface area contributed by atoms with Crippen LogP contribution >= 0.6 is 0 Å². The van der Waals surface area contributed by atoms with Crippen LogP contribution in [0.15, 0.2) is 54.6 Å². The summed E-state index contributed by atoms with van der Waals surface area (Å²) in [5.74, 6) is 0. The quantitative estimate of drug-likeness (QED) is 0.696. The Morgan fingerprint density at radius 1 is 1.18 bits per heavy atom. The fourth-order valence-electron chi connectivity index (χ4n) is 2.16. The molecule has 1 aliphatic rings. The van der Waals surface area contributed by atoms with Crippen LogP contribution in [0.2, 0.25) is 0 Å². The number of aromatic nitrogens is 1. The Labute approximate surface area is 98.7 Å². The zero-order valence-electron chi connectivity index (χ0n) is 9.17. The predicted molar refractivity (Wildman–Crippen MR) is 66.5 cm³/mol. The standard InChI is InChI=1S/C14H13NO2/c16-13-7-3-4-8-14(13,17)12-9-10-5-1-2-6-11(10)15-12/h1-9,13,15-17H. The van der Waals surface area contributed by atoms with Gasteiger partial charge in [0.15, 0.2) is 5.60 Å². The van der Waals surface area contributed by atoms with Gasteiger partial charge in [-0.3, -0.25) is 0 Å². The van der Waals surface area contributed by atoms with E-state index in [1.165, 1.54) is 0 Å². The number of aliphatic hydroxyl groups excluding tert-OH is 1. The molecule has 86 valence electrons. The molecule has 2 atom stereocenters. The van der Waals surface area contributed by atoms with E-state index in [0.717, 1.165) is 10.9 Å². The summed E-state index contributed by atoms with van der Waals surface area (Å²) in [6.07, 6.45) is 5.70. The van der Waals surface area contributed by atoms with Gasteiger partial charge in [0.05, 0.1) is 5.69 Å². The number of hydrogen-bond acceptors (Lipinski definition) is 2. The maximum atomic E-state index is 10.5. The molecule has 1 aromatic heterocycles. The van der Waals surface area contributed by atoms with Crippen molar-refractivity contribution in [1.82, 2.24) is 4.98 Å². The number of H-pyrrole nitrogens is 1. The lowest BCUT2D eigenvalue weighted by atomic mass is 9.89. The fourth-order valence-corrected chi connectivity index (χ4v) is 2.16. The number of allylic oxidation sites excluding steroid dienone is 2. The molecule has 0 aliphatic heterocycles. The summed E-state index contributed by atoms with van der Waals surface area (Å²) in [4.78, 5) is 3.14. The average Bonchev–Trinajstić information content (AvgIpc) is 2.77. The lowest BCUT2D eigenvalue weighted by Gasteiger charge is -2.29. The predicted octanol–water partition coefficient (Wildman–Crippen LogP) is 1.84. The van der Waals surface area contributed by atoms with Gasteiger partial charge in [-0.25, -0.2) is 0 Å². The van der Waals surface area contributed by atoms with Gasteiger partial charge in [-0.05, 0) is 23.6 Å². The summed E-state index contributed by atoms with van der Waals surface area (Å²) in [7, 11) is 0. The highest BCUT2D eigenvalue weighted by Crippen LogP contribution is 2.31. The van der Waals surface area contributed by atoms with Crippen LogP contribution in [0.25, 0.3) is 10.9 Å². The number of aliphatic hydroxyl groups is 2. The molecule has 3 rings (SSSR count). The van der Waals surface area contributed by atoms with Crippen molar-refractivity contribution in [2.24, 2.45) is 0 Å². The maximum absolute atomic E-state index is 10.5. The van der Waals surface area contributed by atoms with E-state index in [4.69, 9.17) is 0 Å². The molecule has 0 saturated heterocycles. The van der Waals surface area contributed by atoms with E-state index in [-0.39, 0.29) is 0 Å². The van der Waals surface area contributed by atoms with E-state index >= 15 is 0 Å². The van der Waals surface area contributed by atoms with Crippen molar-refractivity contribution in [2.45, 2.75) is 11.7 Å². The van der Waals surface area contributed by atoms with Crippen molar-refractivity contribution in [3.63, 3.8) is 0 Å². The summed E-state index contributed by atoms with van der Waals surface area (Å²) < 4.78 is 0. The Kier molecular flexibility index (Phi) is 2.18. The third-order valence-corrected chi connectivity index (χ3v) is 3.17. The monoisotopic (exact) mass is 227 g/mol. The Morgan fingerprint density at radius 2 is 2.00 bits per heavy atom. The molecule has 17 heavy (non-hydrogen) atoms. The first-order valence-electron chi connectivity index (χ1n) is 5.55. The van der Waals surface area contributed by atoms with Crippen LogP contribution < -0.4 is 0 Å². The van der Waals surface area contributed by atoms with Crippen LogP contribution in [0.3, 0.4) is 0 Å². The molecule has 1 heterocycles. The van der Waals surface area contributed by atoms with Gasteiger partial charge in [-0.15, -0.1) is 0 Å². The van der Waals surface area contributed by atoms with Crippen molar-refractivity contribution in [1.29, 1.82) is 0 Å². The van der Waals surface area contributed by atoms with Gasteiger partial charge in [0.1, 0.15) is 6.10 Å². The summed E-state index contributed by atoms with van der Waals surface area (Å²) in [5, 5.41) is 21.4. The second kappa shape index (κ2) is 3.58. The maximum Gasteiger partial charge on any atom is 0.152 e. The Bertz CT molecular complexity index is 578. The molecule has 0 spiro atoms. The second-order valence-electron chi connectivity index (χ2n) is 4.28. The van der Waals surface area contributed by atoms with E-state index in [2.05, 4.69) is 4.98 Å². The highest BCUT2D eigenvalue weighted by Gasteiger charge is 2.36. The number of hydrogen-bond donors (Lipinski definition) is 3. The van der Waals surface area contributed by atoms with Gasteiger partial charge in [0.25, 0.3) is 0 Å². The number of nitrogens with one attached hydrogen (secondary N) is 1. The molecule has 3 nitrogen and oxygen atoms in total. The van der Waals surface area contributed by atoms with Crippen LogP contribution in [0.4, 0.5) is 0 Å². The van der Waals surface area contributed by atoms with Crippen LogP contribution in [-0.2, 0) is 5.60 Å². The minimum Gasteiger partial charge on any atom is -0.385 e. The molecule has 2 unspecified atom stereocenters. The van der Waals surface area contributed by atoms with Crippen LogP contribution in [0.5, 0.6) is 0 Å². The van der Waals surface area contributed by atoms with Crippen molar-refractivity contribution >= 4 is 10.9 Å². The van der Waals surface area contributed by atoms with E-state index in [1.807, 2.05) is 30.3 Å². The molecular weight excluding hydrogens is 214 g/mol. The van der Waals surface area contributed by atoms with Crippen molar-refractivity contribution < 1.29 is 10.2 Å². The number of rotatable bonds is 1. The summed E-state index contributed by atoms with van der Waals surface area (Å²) in [6, 6.07) is 9.64. The zero-order valence-corrected chi connectivity index (χ0v) is 9.17. The van der Waals surface area contributed by atoms with Crippen LogP contribution in [0, 0.1) is 0 Å². The molecule has 2 aromatic rings. The SMILES string of the molecule is OC1C=CC=CC1(O)c1cc2ccccc2[nH]1. The molecule has 0 fully saturated rings. The van der Waals surface area contributed by atoms with E-state index in [9.17, 15) is 10.2 Å². The molecule has 0 bridgehead atoms. The zero-order chi connectivity index (χ0) is 11.9. The first kappa shape index (κ1) is 10.3. The minimum absolute atomic E-state index is 0.604. The third kappa shape index (κ3) is 1.52. The van der Waals surface area contributed by atoms with Gasteiger partial charge in [0, 0.05) is 5.52 Å². The van der Waals surface area contributed by atoms with Crippen molar-refractivity contribution in [3.05, 3.63) is 60.3 Å². The summed E-state index contributed by atoms with van der Waals surface area (Å²) in [5.41, 5.74) is 0.186. The third-order valence-electron chi connectivity index (χ3n) is 3.17. The molecule has 3 N–H and O–H groups in total. The van der Waals surface area contributed by atoms with E-state index < -0.39 is 11.7 Å². The second-order valence-corrected chi connectivity index (χ2v) is 4.28. The number of aromatic amines is 1. The first-order chi connectivity index (χ1) is 8.20. The highest BCUT2D eigenvalue weighted by atomic mass is 16.3. The molecule has 1 aromatic carbocycles. The normalized spacial score (nSPS) is 27.8. The first-order valence-corrected chi connectivity index (χ1v) is 5.55. The van der Waals surface area contributed by atoms with Crippen LogP contribution in [0.1, 0.15) is 5.69 Å². The van der Waals surface area contributed by atoms with Gasteiger partial charge in [0.2, 0.25) is 0 Å². The smallest absolute Gasteiger partial charge is 0.152 e. The number of para-hydroxylation sites is 1. The lowest BCUT2D eigenvalue weighted by molar-refractivity contribution is -0.0220. The van der Waals surface area contributed by atoms with Gasteiger partial charge in [-0.2, -0.15) is 0 Å². The Morgan fingerprint density at radius 3 is 2.76 bits per heavy atom. The molecule has 0 amide bonds. The average molecular weight is 227 g/mol. The van der Waals surface area contributed by atoms with Gasteiger partial charge < -0.3 is 15.2 Å². The Balaban J connectivity index is 2.14. The number of fused-ring (bicyclic) bond motifs is 1. The molecule has 1 aliphatic carbocycles. The topological polar surface area (TPSA) is 56.2 Å². The molecule has 0 radical (unpaired) electrons. The number of benzene rings is 1. The Hall–Kier alpha value is -1.84. The van der Waals surface area contributed by atoms with Gasteiger partial charge in [-0.1, -0.05) is 36.4 Å². The molecule has 3 heteroatoms. The summed E-state index contributed by atoms with van der Waals surface area (Å²) >= 11 is 0. The van der Waals surface area contributed by atoms with E-state index in [1.54, 1.807) is 24.3 Å². The van der Waals surface area contributed by atoms with Crippen LogP contribution in [-0.4, -0.2) is 21.3 Å². The minimum atomic E-state index is -1.37. The molecular formula is C14H13NO2. The summed E-state index contributed by atoms with van der Waals surface area (Å²) in [6.45, 7) is 0. The van der Waals surface area contributed by atoms with Crippen molar-refractivity contribution in [3.8, 4) is 0 Å². The van der Waals surface area contributed by atoms with Gasteiger partial charge >= 0.3 is 0 Å². The lowest BCUT2D eigenvalue weighted by Crippen LogP contribution is -2.37. The largest absolute Gasteiger partial charge is 0.385 e. The highest BCUT2D eigenvalue weighted by molar-refractivity contribution is 5.80. The molecule has 0 saturated carbocycles. The van der Waals surface area contributed by atoms with Crippen molar-refractivity contribution in [2.75, 3.05) is 0 Å². The fraction of sp³-hybridized carbons (Fsp3) is 0.143. The van der Waals surface area contributed by atoms with E-state index in [0.29, 0.717) is 5.69 Å².